The van der Waals surface area contributed by atoms with Gasteiger partial charge in [-0.05, 0) is 7.05 Å². The summed E-state index contributed by atoms with van der Waals surface area (Å²) in [6.07, 6.45) is 0. The molecule has 0 aliphatic carbocycles. The minimum absolute atomic E-state index is 0.0362. The van der Waals surface area contributed by atoms with Gasteiger partial charge in [0.05, 0.1) is 18.7 Å². The number of phenolic OH excluding ortho intramolecular Hbond substituents is 1. The van der Waals surface area contributed by atoms with Crippen LogP contribution in [0.5, 0.6) is 11.5 Å². The normalized spacial score (nSPS) is 10.2. The molecule has 2 N–H and O–H groups in total. The second-order valence-corrected chi connectivity index (χ2v) is 3.46. The van der Waals surface area contributed by atoms with Crippen LogP contribution in [0.4, 0.5) is 4.39 Å². The van der Waals surface area contributed by atoms with Gasteiger partial charge >= 0.3 is 0 Å². The second kappa shape index (κ2) is 5.14. The standard InChI is InChI=1S/C10H11ClFNO3/c1-13-4-6(14)8-9(12)5(11)3-7(16-2)10(8)15/h3,13,15H,4H2,1-2H3. The Balaban J connectivity index is 3.35. The van der Waals surface area contributed by atoms with Crippen molar-refractivity contribution < 1.29 is 19.0 Å². The van der Waals surface area contributed by atoms with Crippen LogP contribution in [0.2, 0.25) is 5.02 Å². The molecule has 0 atom stereocenters. The van der Waals surface area contributed by atoms with Gasteiger partial charge in [0.15, 0.2) is 23.1 Å². The van der Waals surface area contributed by atoms with E-state index in [2.05, 4.69) is 5.32 Å². The first-order chi connectivity index (χ1) is 7.52. The fourth-order valence-electron chi connectivity index (χ4n) is 1.25. The van der Waals surface area contributed by atoms with Crippen LogP contribution >= 0.6 is 11.6 Å². The van der Waals surface area contributed by atoms with E-state index >= 15 is 0 Å². The van der Waals surface area contributed by atoms with Gasteiger partial charge in [-0.3, -0.25) is 4.79 Å². The van der Waals surface area contributed by atoms with Crippen molar-refractivity contribution in [1.82, 2.24) is 5.32 Å². The van der Waals surface area contributed by atoms with Crippen LogP contribution in [-0.2, 0) is 0 Å². The zero-order valence-electron chi connectivity index (χ0n) is 8.80. The zero-order chi connectivity index (χ0) is 12.3. The number of aromatic hydroxyl groups is 1. The van der Waals surface area contributed by atoms with Crippen molar-refractivity contribution in [1.29, 1.82) is 0 Å². The third-order valence-corrected chi connectivity index (χ3v) is 2.27. The number of halogens is 2. The fraction of sp³-hybridized carbons (Fsp3) is 0.300. The zero-order valence-corrected chi connectivity index (χ0v) is 9.56. The Hall–Kier alpha value is -1.33. The van der Waals surface area contributed by atoms with Crippen molar-refractivity contribution in [3.63, 3.8) is 0 Å². The van der Waals surface area contributed by atoms with Gasteiger partial charge in [-0.15, -0.1) is 0 Å². The number of methoxy groups -OCH3 is 1. The average Bonchev–Trinajstić information content (AvgIpc) is 2.24. The van der Waals surface area contributed by atoms with E-state index in [-0.39, 0.29) is 17.3 Å². The van der Waals surface area contributed by atoms with Crippen LogP contribution in [-0.4, -0.2) is 31.6 Å². The molecule has 6 heteroatoms. The van der Waals surface area contributed by atoms with E-state index in [9.17, 15) is 14.3 Å². The number of hydrogen-bond acceptors (Lipinski definition) is 4. The van der Waals surface area contributed by atoms with Gasteiger partial charge in [0, 0.05) is 6.07 Å². The molecule has 0 radical (unpaired) electrons. The molecule has 0 aromatic heterocycles. The lowest BCUT2D eigenvalue weighted by atomic mass is 10.1. The maximum Gasteiger partial charge on any atom is 0.183 e. The van der Waals surface area contributed by atoms with Crippen LogP contribution < -0.4 is 10.1 Å². The summed E-state index contributed by atoms with van der Waals surface area (Å²) in [5.74, 6) is -2.12. The van der Waals surface area contributed by atoms with Gasteiger partial charge in [0.1, 0.15) is 5.56 Å². The number of carbonyl (C=O) groups excluding carboxylic acids is 1. The van der Waals surface area contributed by atoms with Gasteiger partial charge < -0.3 is 15.2 Å². The van der Waals surface area contributed by atoms with E-state index in [0.29, 0.717) is 0 Å². The highest BCUT2D eigenvalue weighted by Crippen LogP contribution is 2.36. The van der Waals surface area contributed by atoms with Crippen molar-refractivity contribution in [3.05, 3.63) is 22.5 Å². The molecule has 1 aromatic rings. The monoisotopic (exact) mass is 247 g/mol. The number of hydrogen-bond donors (Lipinski definition) is 2. The lowest BCUT2D eigenvalue weighted by molar-refractivity contribution is 0.0986. The summed E-state index contributed by atoms with van der Waals surface area (Å²) in [5, 5.41) is 11.9. The molecule has 0 saturated heterocycles. The molecule has 1 rings (SSSR count). The van der Waals surface area contributed by atoms with Crippen molar-refractivity contribution in [3.8, 4) is 11.5 Å². The largest absolute Gasteiger partial charge is 0.504 e. The molecule has 1 aromatic carbocycles. The van der Waals surface area contributed by atoms with Crippen LogP contribution in [0, 0.1) is 5.82 Å². The summed E-state index contributed by atoms with van der Waals surface area (Å²) in [5.41, 5.74) is -0.460. The number of phenols is 1. The Morgan fingerprint density at radius 1 is 1.69 bits per heavy atom. The predicted molar refractivity (Wildman–Crippen MR) is 57.9 cm³/mol. The van der Waals surface area contributed by atoms with Gasteiger partial charge in [-0.2, -0.15) is 0 Å². The van der Waals surface area contributed by atoms with Gasteiger partial charge in [0.2, 0.25) is 0 Å². The minimum atomic E-state index is -0.944. The predicted octanol–water partition coefficient (Wildman–Crippen LogP) is 1.60. The van der Waals surface area contributed by atoms with E-state index in [4.69, 9.17) is 16.3 Å². The number of nitrogens with one attached hydrogen (secondary N) is 1. The van der Waals surface area contributed by atoms with Crippen LogP contribution in [0.1, 0.15) is 10.4 Å². The third kappa shape index (κ3) is 2.25. The number of likely N-dealkylation sites (N-methyl/N-ethyl adjacent to an activating group) is 1. The summed E-state index contributed by atoms with van der Waals surface area (Å²) in [4.78, 5) is 11.5. The summed E-state index contributed by atoms with van der Waals surface area (Å²) < 4.78 is 18.3. The van der Waals surface area contributed by atoms with Gasteiger partial charge in [-0.25, -0.2) is 4.39 Å². The number of ether oxygens (including phenoxy) is 1. The number of benzene rings is 1. The smallest absolute Gasteiger partial charge is 0.183 e. The summed E-state index contributed by atoms with van der Waals surface area (Å²) in [6, 6.07) is 1.11. The Morgan fingerprint density at radius 2 is 2.31 bits per heavy atom. The highest BCUT2D eigenvalue weighted by atomic mass is 35.5. The molecule has 88 valence electrons. The van der Waals surface area contributed by atoms with Gasteiger partial charge in [0.25, 0.3) is 0 Å². The SMILES string of the molecule is CNCC(=O)c1c(O)c(OC)cc(Cl)c1F. The van der Waals surface area contributed by atoms with Crippen molar-refractivity contribution in [2.24, 2.45) is 0 Å². The molecular weight excluding hydrogens is 237 g/mol. The number of ketones is 1. The Kier molecular flexibility index (Phi) is 4.09. The van der Waals surface area contributed by atoms with E-state index < -0.39 is 22.9 Å². The Labute approximate surface area is 97.0 Å². The average molecular weight is 248 g/mol. The maximum absolute atomic E-state index is 13.6. The van der Waals surface area contributed by atoms with Crippen molar-refractivity contribution >= 4 is 17.4 Å². The van der Waals surface area contributed by atoms with E-state index in [1.165, 1.54) is 14.2 Å². The summed E-state index contributed by atoms with van der Waals surface area (Å²) in [6.45, 7) is -0.103. The van der Waals surface area contributed by atoms with E-state index in [1.807, 2.05) is 0 Å². The highest BCUT2D eigenvalue weighted by Gasteiger charge is 2.22. The molecular formula is C10H11ClFNO3. The first-order valence-corrected chi connectivity index (χ1v) is 4.83. The number of Topliss-reactive ketones (excluding diaryl/α,β-unsaturated/α-hetero) is 1. The second-order valence-electron chi connectivity index (χ2n) is 3.05. The van der Waals surface area contributed by atoms with Gasteiger partial charge in [-0.1, -0.05) is 11.6 Å². The lowest BCUT2D eigenvalue weighted by Gasteiger charge is -2.10. The number of carbonyl (C=O) groups is 1. The molecule has 0 unspecified atom stereocenters. The molecule has 0 amide bonds. The molecule has 0 aliphatic rings. The summed E-state index contributed by atoms with van der Waals surface area (Å²) in [7, 11) is 2.82. The van der Waals surface area contributed by atoms with Crippen LogP contribution in [0.25, 0.3) is 0 Å². The first-order valence-electron chi connectivity index (χ1n) is 4.45. The van der Waals surface area contributed by atoms with Crippen LogP contribution in [0.15, 0.2) is 6.07 Å². The maximum atomic E-state index is 13.6. The third-order valence-electron chi connectivity index (χ3n) is 1.99. The quantitative estimate of drug-likeness (QED) is 0.794. The molecule has 0 bridgehead atoms. The molecule has 0 aliphatic heterocycles. The van der Waals surface area contributed by atoms with E-state index in [1.54, 1.807) is 0 Å². The molecule has 0 heterocycles. The first kappa shape index (κ1) is 12.7. The highest BCUT2D eigenvalue weighted by molar-refractivity contribution is 6.31. The van der Waals surface area contributed by atoms with Crippen LogP contribution in [0.3, 0.4) is 0 Å². The summed E-state index contributed by atoms with van der Waals surface area (Å²) >= 11 is 5.58. The Bertz CT molecular complexity index is 423. The molecule has 4 nitrogen and oxygen atoms in total. The lowest BCUT2D eigenvalue weighted by Crippen LogP contribution is -2.20. The Morgan fingerprint density at radius 3 is 2.81 bits per heavy atom. The number of rotatable bonds is 4. The topological polar surface area (TPSA) is 58.6 Å². The fourth-order valence-corrected chi connectivity index (χ4v) is 1.45. The molecule has 0 saturated carbocycles. The van der Waals surface area contributed by atoms with Crippen molar-refractivity contribution in [2.75, 3.05) is 20.7 Å². The van der Waals surface area contributed by atoms with Crippen molar-refractivity contribution in [2.45, 2.75) is 0 Å². The van der Waals surface area contributed by atoms with E-state index in [0.717, 1.165) is 6.07 Å². The minimum Gasteiger partial charge on any atom is -0.504 e. The molecule has 16 heavy (non-hydrogen) atoms. The molecule has 0 spiro atoms. The molecule has 0 fully saturated rings.